The van der Waals surface area contributed by atoms with Crippen LogP contribution in [-0.4, -0.2) is 0 Å². The molecule has 0 heterocycles. The van der Waals surface area contributed by atoms with Gasteiger partial charge in [0.2, 0.25) is 0 Å². The van der Waals surface area contributed by atoms with Gasteiger partial charge in [-0.3, -0.25) is 0 Å². The maximum Gasteiger partial charge on any atom is -0.0117 e. The first-order valence-corrected chi connectivity index (χ1v) is 4.72. The zero-order valence-corrected chi connectivity index (χ0v) is 8.28. The summed E-state index contributed by atoms with van der Waals surface area (Å²) in [5, 5.41) is 0. The van der Waals surface area contributed by atoms with Gasteiger partial charge in [0.15, 0.2) is 0 Å². The fourth-order valence-electron chi connectivity index (χ4n) is 1.41. The number of benzene rings is 1. The maximum absolute atomic E-state index is 3.35. The van der Waals surface area contributed by atoms with Crippen LogP contribution in [0.25, 0.3) is 0 Å². The predicted octanol–water partition coefficient (Wildman–Crippen LogP) is 3.45. The molecule has 1 radical (unpaired) electrons. The second kappa shape index (κ2) is 4.30. The second-order valence-corrected chi connectivity index (χ2v) is 3.40. The van der Waals surface area contributed by atoms with Crippen LogP contribution in [0.3, 0.4) is 0 Å². The van der Waals surface area contributed by atoms with Gasteiger partial charge >= 0.3 is 0 Å². The highest BCUT2D eigenvalue weighted by Gasteiger charge is 1.97. The Morgan fingerprint density at radius 3 is 2.58 bits per heavy atom. The van der Waals surface area contributed by atoms with Crippen LogP contribution in [-0.2, 0) is 6.42 Å². The van der Waals surface area contributed by atoms with Crippen LogP contribution in [0.2, 0.25) is 0 Å². The lowest BCUT2D eigenvalue weighted by atomic mass is 10.0. The van der Waals surface area contributed by atoms with E-state index in [4.69, 9.17) is 0 Å². The smallest absolute Gasteiger partial charge is 0.0117 e. The lowest BCUT2D eigenvalue weighted by Gasteiger charge is -2.04. The highest BCUT2D eigenvalue weighted by molar-refractivity contribution is 5.29. The van der Waals surface area contributed by atoms with Crippen molar-refractivity contribution in [1.29, 1.82) is 0 Å². The lowest BCUT2D eigenvalue weighted by molar-refractivity contribution is 0.791. The molecule has 0 amide bonds. The topological polar surface area (TPSA) is 0 Å². The van der Waals surface area contributed by atoms with Gasteiger partial charge in [-0.2, -0.15) is 0 Å². The van der Waals surface area contributed by atoms with Crippen molar-refractivity contribution in [2.24, 2.45) is 0 Å². The van der Waals surface area contributed by atoms with Crippen LogP contribution in [0.5, 0.6) is 0 Å². The molecule has 12 heavy (non-hydrogen) atoms. The Balaban J connectivity index is 2.72. The van der Waals surface area contributed by atoms with Crippen molar-refractivity contribution in [2.45, 2.75) is 40.0 Å². The van der Waals surface area contributed by atoms with E-state index in [-0.39, 0.29) is 0 Å². The third kappa shape index (κ3) is 2.37. The molecule has 0 spiro atoms. The highest BCUT2D eigenvalue weighted by Crippen LogP contribution is 2.12. The van der Waals surface area contributed by atoms with Gasteiger partial charge in [0.05, 0.1) is 0 Å². The fraction of sp³-hybridized carbons (Fsp3) is 0.500. The monoisotopic (exact) mass is 161 g/mol. The minimum Gasteiger partial charge on any atom is -0.0654 e. The molecule has 0 saturated heterocycles. The average molecular weight is 161 g/mol. The Morgan fingerprint density at radius 2 is 2.00 bits per heavy atom. The summed E-state index contributed by atoms with van der Waals surface area (Å²) in [5.41, 5.74) is 4.03. The van der Waals surface area contributed by atoms with Gasteiger partial charge in [-0.05, 0) is 49.4 Å². The standard InChI is InChI=1S/C12H17/c1-4-5-6-12-8-7-10(2)9-11(12)3/h7-8H,4-6H2,1-3H3. The van der Waals surface area contributed by atoms with E-state index >= 15 is 0 Å². The zero-order valence-electron chi connectivity index (χ0n) is 8.28. The molecule has 0 N–H and O–H groups in total. The Hall–Kier alpha value is -0.780. The average Bonchev–Trinajstić information content (AvgIpc) is 2.03. The molecule has 65 valence electrons. The van der Waals surface area contributed by atoms with Gasteiger partial charge < -0.3 is 0 Å². The molecule has 0 unspecified atom stereocenters. The SMILES string of the molecule is CCCCc1ccc(C)[c]c1C. The predicted molar refractivity (Wildman–Crippen MR) is 53.4 cm³/mol. The van der Waals surface area contributed by atoms with E-state index in [1.54, 1.807) is 0 Å². The first-order valence-electron chi connectivity index (χ1n) is 4.72. The van der Waals surface area contributed by atoms with Gasteiger partial charge in [-0.25, -0.2) is 0 Å². The first kappa shape index (κ1) is 9.31. The van der Waals surface area contributed by atoms with Crippen molar-refractivity contribution in [3.05, 3.63) is 34.9 Å². The molecule has 0 fully saturated rings. The Labute approximate surface area is 75.6 Å². The van der Waals surface area contributed by atoms with Crippen LogP contribution >= 0.6 is 0 Å². The van der Waals surface area contributed by atoms with Crippen molar-refractivity contribution in [1.82, 2.24) is 0 Å². The fourth-order valence-corrected chi connectivity index (χ4v) is 1.41. The summed E-state index contributed by atoms with van der Waals surface area (Å²) in [6, 6.07) is 7.73. The van der Waals surface area contributed by atoms with E-state index in [1.807, 2.05) is 0 Å². The first-order chi connectivity index (χ1) is 5.74. The molecule has 1 rings (SSSR count). The number of rotatable bonds is 3. The van der Waals surface area contributed by atoms with Crippen LogP contribution < -0.4 is 0 Å². The third-order valence-corrected chi connectivity index (χ3v) is 2.20. The van der Waals surface area contributed by atoms with E-state index < -0.39 is 0 Å². The zero-order chi connectivity index (χ0) is 8.97. The molecular weight excluding hydrogens is 144 g/mol. The van der Waals surface area contributed by atoms with Crippen molar-refractivity contribution in [3.63, 3.8) is 0 Å². The summed E-state index contributed by atoms with van der Waals surface area (Å²) in [4.78, 5) is 0. The molecule has 0 aliphatic rings. The molecule has 1 aromatic carbocycles. The van der Waals surface area contributed by atoms with Crippen LogP contribution in [0.15, 0.2) is 12.1 Å². The largest absolute Gasteiger partial charge is 0.0654 e. The van der Waals surface area contributed by atoms with Crippen molar-refractivity contribution in [3.8, 4) is 0 Å². The van der Waals surface area contributed by atoms with Gasteiger partial charge in [-0.1, -0.05) is 25.5 Å². The molecule has 0 nitrogen and oxygen atoms in total. The van der Waals surface area contributed by atoms with Gasteiger partial charge in [-0.15, -0.1) is 0 Å². The summed E-state index contributed by atoms with van der Waals surface area (Å²) >= 11 is 0. The molecule has 0 aliphatic heterocycles. The van der Waals surface area contributed by atoms with Crippen molar-refractivity contribution in [2.75, 3.05) is 0 Å². The molecule has 0 saturated carbocycles. The summed E-state index contributed by atoms with van der Waals surface area (Å²) in [7, 11) is 0. The van der Waals surface area contributed by atoms with E-state index in [2.05, 4.69) is 39.0 Å². The molecule has 0 aromatic heterocycles. The minimum absolute atomic E-state index is 1.21. The molecule has 0 atom stereocenters. The lowest BCUT2D eigenvalue weighted by Crippen LogP contribution is -1.90. The Kier molecular flexibility index (Phi) is 3.33. The van der Waals surface area contributed by atoms with Crippen molar-refractivity contribution >= 4 is 0 Å². The Bertz CT molecular complexity index is 248. The number of hydrogen-bond acceptors (Lipinski definition) is 0. The number of hydrogen-bond donors (Lipinski definition) is 0. The summed E-state index contributed by atoms with van der Waals surface area (Å²) < 4.78 is 0. The van der Waals surface area contributed by atoms with Gasteiger partial charge in [0, 0.05) is 0 Å². The van der Waals surface area contributed by atoms with Crippen LogP contribution in [0, 0.1) is 19.9 Å². The molecular formula is C12H17. The van der Waals surface area contributed by atoms with E-state index in [0.29, 0.717) is 0 Å². The summed E-state index contributed by atoms with van der Waals surface area (Å²) in [5.74, 6) is 0. The Morgan fingerprint density at radius 1 is 1.25 bits per heavy atom. The third-order valence-electron chi connectivity index (χ3n) is 2.20. The normalized spacial score (nSPS) is 10.2. The van der Waals surface area contributed by atoms with Crippen LogP contribution in [0.4, 0.5) is 0 Å². The highest BCUT2D eigenvalue weighted by atomic mass is 14.0. The molecule has 1 aromatic rings. The maximum atomic E-state index is 3.35. The molecule has 0 heteroatoms. The van der Waals surface area contributed by atoms with Crippen LogP contribution in [0.1, 0.15) is 36.5 Å². The van der Waals surface area contributed by atoms with E-state index in [9.17, 15) is 0 Å². The van der Waals surface area contributed by atoms with Crippen molar-refractivity contribution < 1.29 is 0 Å². The summed E-state index contributed by atoms with van der Waals surface area (Å²) in [6.07, 6.45) is 3.77. The minimum atomic E-state index is 1.21. The van der Waals surface area contributed by atoms with Gasteiger partial charge in [0.1, 0.15) is 0 Å². The quantitative estimate of drug-likeness (QED) is 0.637. The summed E-state index contributed by atoms with van der Waals surface area (Å²) in [6.45, 7) is 6.47. The number of aryl methyl sites for hydroxylation is 3. The molecule has 0 bridgehead atoms. The second-order valence-electron chi connectivity index (χ2n) is 3.40. The molecule has 0 aliphatic carbocycles. The van der Waals surface area contributed by atoms with E-state index in [1.165, 1.54) is 36.0 Å². The van der Waals surface area contributed by atoms with E-state index in [0.717, 1.165) is 0 Å². The van der Waals surface area contributed by atoms with Gasteiger partial charge in [0.25, 0.3) is 0 Å². The number of unbranched alkanes of at least 4 members (excludes halogenated alkanes) is 1.